The third kappa shape index (κ3) is 3.46. The van der Waals surface area contributed by atoms with Crippen LogP contribution in [0.1, 0.15) is 29.8 Å². The first kappa shape index (κ1) is 15.8. The highest BCUT2D eigenvalue weighted by Crippen LogP contribution is 2.22. The minimum Gasteiger partial charge on any atom is -0.497 e. The Morgan fingerprint density at radius 2 is 2.04 bits per heavy atom. The van der Waals surface area contributed by atoms with Gasteiger partial charge in [0.1, 0.15) is 5.75 Å². The Morgan fingerprint density at radius 1 is 1.26 bits per heavy atom. The summed E-state index contributed by atoms with van der Waals surface area (Å²) in [6.45, 7) is 5.15. The minimum atomic E-state index is 0.252. The highest BCUT2D eigenvalue weighted by atomic mass is 32.1. The molecular formula is C18H21N3OS. The Morgan fingerprint density at radius 3 is 2.70 bits per heavy atom. The van der Waals surface area contributed by atoms with Crippen LogP contribution in [0.3, 0.4) is 0 Å². The number of ether oxygens (including phenoxy) is 1. The van der Waals surface area contributed by atoms with Crippen molar-refractivity contribution in [3.05, 3.63) is 64.1 Å². The SMILES string of the molecule is COc1ccc(-n2ncc(C(C)NCc3ccsc3)c2C)cc1. The first-order valence-corrected chi connectivity index (χ1v) is 8.56. The summed E-state index contributed by atoms with van der Waals surface area (Å²) in [7, 11) is 1.67. The van der Waals surface area contributed by atoms with E-state index in [2.05, 4.69) is 41.1 Å². The summed E-state index contributed by atoms with van der Waals surface area (Å²) >= 11 is 1.73. The van der Waals surface area contributed by atoms with Gasteiger partial charge >= 0.3 is 0 Å². The van der Waals surface area contributed by atoms with E-state index in [1.165, 1.54) is 11.1 Å². The third-order valence-corrected chi connectivity index (χ3v) is 4.76. The summed E-state index contributed by atoms with van der Waals surface area (Å²) < 4.78 is 7.18. The van der Waals surface area contributed by atoms with Crippen molar-refractivity contribution < 1.29 is 4.74 Å². The van der Waals surface area contributed by atoms with Gasteiger partial charge in [-0.3, -0.25) is 0 Å². The molecule has 1 N–H and O–H groups in total. The normalized spacial score (nSPS) is 12.3. The summed E-state index contributed by atoms with van der Waals surface area (Å²) in [6.07, 6.45) is 1.95. The van der Waals surface area contributed by atoms with Crippen LogP contribution in [-0.2, 0) is 6.54 Å². The summed E-state index contributed by atoms with van der Waals surface area (Å²) in [4.78, 5) is 0. The van der Waals surface area contributed by atoms with Crippen molar-refractivity contribution in [1.82, 2.24) is 15.1 Å². The van der Waals surface area contributed by atoms with E-state index in [1.54, 1.807) is 18.4 Å². The van der Waals surface area contributed by atoms with E-state index >= 15 is 0 Å². The van der Waals surface area contributed by atoms with E-state index in [0.29, 0.717) is 0 Å². The van der Waals surface area contributed by atoms with Gasteiger partial charge in [0, 0.05) is 23.8 Å². The molecule has 0 aliphatic rings. The lowest BCUT2D eigenvalue weighted by Gasteiger charge is -2.13. The van der Waals surface area contributed by atoms with Gasteiger partial charge in [0.15, 0.2) is 0 Å². The fourth-order valence-electron chi connectivity index (χ4n) is 2.61. The predicted molar refractivity (Wildman–Crippen MR) is 94.4 cm³/mol. The van der Waals surface area contributed by atoms with Crippen LogP contribution in [0.2, 0.25) is 0 Å². The van der Waals surface area contributed by atoms with Gasteiger partial charge in [0.2, 0.25) is 0 Å². The number of aromatic nitrogens is 2. The average molecular weight is 327 g/mol. The van der Waals surface area contributed by atoms with Gasteiger partial charge in [0.05, 0.1) is 19.0 Å². The monoisotopic (exact) mass is 327 g/mol. The van der Waals surface area contributed by atoms with Crippen molar-refractivity contribution in [1.29, 1.82) is 0 Å². The zero-order chi connectivity index (χ0) is 16.2. The Kier molecular flexibility index (Phi) is 4.79. The smallest absolute Gasteiger partial charge is 0.119 e. The largest absolute Gasteiger partial charge is 0.497 e. The van der Waals surface area contributed by atoms with Crippen LogP contribution in [0.4, 0.5) is 0 Å². The lowest BCUT2D eigenvalue weighted by molar-refractivity contribution is 0.414. The van der Waals surface area contributed by atoms with Crippen LogP contribution in [-0.4, -0.2) is 16.9 Å². The van der Waals surface area contributed by atoms with Crippen molar-refractivity contribution in [2.24, 2.45) is 0 Å². The number of nitrogens with one attached hydrogen (secondary N) is 1. The number of thiophene rings is 1. The molecule has 1 atom stereocenters. The maximum absolute atomic E-state index is 5.21. The van der Waals surface area contributed by atoms with Crippen LogP contribution < -0.4 is 10.1 Å². The van der Waals surface area contributed by atoms with Gasteiger partial charge in [0.25, 0.3) is 0 Å². The molecule has 3 aromatic rings. The van der Waals surface area contributed by atoms with E-state index in [9.17, 15) is 0 Å². The molecule has 1 aromatic carbocycles. The van der Waals surface area contributed by atoms with Crippen molar-refractivity contribution >= 4 is 11.3 Å². The number of methoxy groups -OCH3 is 1. The predicted octanol–water partition coefficient (Wildman–Crippen LogP) is 4.10. The lowest BCUT2D eigenvalue weighted by atomic mass is 10.1. The standard InChI is InChI=1S/C18H21N3OS/c1-13(19-10-15-8-9-23-12-15)18-11-20-21(14(18)2)16-4-6-17(22-3)7-5-16/h4-9,11-13,19H,10H2,1-3H3. The summed E-state index contributed by atoms with van der Waals surface area (Å²) in [5.41, 5.74) is 4.73. The van der Waals surface area contributed by atoms with Crippen LogP contribution >= 0.6 is 11.3 Å². The van der Waals surface area contributed by atoms with Gasteiger partial charge in [-0.05, 0) is 60.5 Å². The molecule has 0 amide bonds. The lowest BCUT2D eigenvalue weighted by Crippen LogP contribution is -2.18. The second-order valence-electron chi connectivity index (χ2n) is 5.53. The number of hydrogen-bond acceptors (Lipinski definition) is 4. The second-order valence-corrected chi connectivity index (χ2v) is 6.31. The molecule has 0 bridgehead atoms. The first-order valence-electron chi connectivity index (χ1n) is 7.62. The molecule has 4 nitrogen and oxygen atoms in total. The van der Waals surface area contributed by atoms with Gasteiger partial charge < -0.3 is 10.1 Å². The second kappa shape index (κ2) is 6.98. The van der Waals surface area contributed by atoms with E-state index in [-0.39, 0.29) is 6.04 Å². The summed E-state index contributed by atoms with van der Waals surface area (Å²) in [6, 6.07) is 10.3. The number of nitrogens with zero attached hydrogens (tertiary/aromatic N) is 2. The molecular weight excluding hydrogens is 306 g/mol. The fraction of sp³-hybridized carbons (Fsp3) is 0.278. The minimum absolute atomic E-state index is 0.252. The van der Waals surface area contributed by atoms with Crippen LogP contribution in [0.25, 0.3) is 5.69 Å². The first-order chi connectivity index (χ1) is 11.2. The number of benzene rings is 1. The molecule has 3 rings (SSSR count). The molecule has 0 spiro atoms. The fourth-order valence-corrected chi connectivity index (χ4v) is 3.27. The summed E-state index contributed by atoms with van der Waals surface area (Å²) in [5, 5.41) is 12.4. The van der Waals surface area contributed by atoms with E-state index < -0.39 is 0 Å². The zero-order valence-electron chi connectivity index (χ0n) is 13.6. The molecule has 23 heavy (non-hydrogen) atoms. The maximum Gasteiger partial charge on any atom is 0.119 e. The van der Waals surface area contributed by atoms with Gasteiger partial charge in [-0.15, -0.1) is 0 Å². The van der Waals surface area contributed by atoms with Crippen LogP contribution in [0.15, 0.2) is 47.3 Å². The van der Waals surface area contributed by atoms with E-state index in [0.717, 1.165) is 23.7 Å². The molecule has 2 heterocycles. The van der Waals surface area contributed by atoms with E-state index in [4.69, 9.17) is 4.74 Å². The molecule has 5 heteroatoms. The van der Waals surface area contributed by atoms with Crippen molar-refractivity contribution in [2.45, 2.75) is 26.4 Å². The maximum atomic E-state index is 5.21. The molecule has 120 valence electrons. The molecule has 2 aromatic heterocycles. The average Bonchev–Trinajstić information content (AvgIpc) is 3.22. The molecule has 0 fully saturated rings. The Balaban J connectivity index is 1.75. The van der Waals surface area contributed by atoms with Crippen molar-refractivity contribution in [2.75, 3.05) is 7.11 Å². The Bertz CT molecular complexity index is 747. The Labute approximate surface area is 140 Å². The Hall–Kier alpha value is -2.11. The number of hydrogen-bond donors (Lipinski definition) is 1. The van der Waals surface area contributed by atoms with Gasteiger partial charge in [-0.2, -0.15) is 16.4 Å². The highest BCUT2D eigenvalue weighted by molar-refractivity contribution is 7.07. The third-order valence-electron chi connectivity index (χ3n) is 4.02. The van der Waals surface area contributed by atoms with Gasteiger partial charge in [-0.25, -0.2) is 4.68 Å². The molecule has 0 aliphatic heterocycles. The van der Waals surface area contributed by atoms with Crippen molar-refractivity contribution in [3.8, 4) is 11.4 Å². The van der Waals surface area contributed by atoms with Gasteiger partial charge in [-0.1, -0.05) is 0 Å². The van der Waals surface area contributed by atoms with E-state index in [1.807, 2.05) is 35.1 Å². The quantitative estimate of drug-likeness (QED) is 0.741. The topological polar surface area (TPSA) is 39.1 Å². The molecule has 1 unspecified atom stereocenters. The summed E-state index contributed by atoms with van der Waals surface area (Å²) in [5.74, 6) is 0.851. The molecule has 0 aliphatic carbocycles. The number of rotatable bonds is 6. The zero-order valence-corrected chi connectivity index (χ0v) is 14.4. The molecule has 0 radical (unpaired) electrons. The van der Waals surface area contributed by atoms with Crippen molar-refractivity contribution in [3.63, 3.8) is 0 Å². The molecule has 0 saturated carbocycles. The van der Waals surface area contributed by atoms with Crippen LogP contribution in [0.5, 0.6) is 5.75 Å². The van der Waals surface area contributed by atoms with Crippen LogP contribution in [0, 0.1) is 6.92 Å². The highest BCUT2D eigenvalue weighted by Gasteiger charge is 2.14. The molecule has 0 saturated heterocycles.